The van der Waals surface area contributed by atoms with E-state index in [2.05, 4.69) is 5.32 Å². The zero-order valence-corrected chi connectivity index (χ0v) is 8.87. The topological polar surface area (TPSA) is 50.7 Å². The number of hydrogen-bond acceptors (Lipinski definition) is 4. The smallest absolute Gasteiger partial charge is 0.0809 e. The van der Waals surface area contributed by atoms with Crippen LogP contribution in [0.1, 0.15) is 19.3 Å². The molecule has 0 radical (unpaired) electrons. The summed E-state index contributed by atoms with van der Waals surface area (Å²) < 4.78 is 10.9. The van der Waals surface area contributed by atoms with Crippen LogP contribution < -0.4 is 5.32 Å². The van der Waals surface area contributed by atoms with Gasteiger partial charge >= 0.3 is 0 Å². The highest BCUT2D eigenvalue weighted by molar-refractivity contribution is 4.65. The average molecular weight is 203 g/mol. The SMILES string of the molecule is CNC(CO)CCOCC1CCCO1. The Balaban J connectivity index is 1.92. The minimum Gasteiger partial charge on any atom is -0.395 e. The lowest BCUT2D eigenvalue weighted by molar-refractivity contribution is 0.0133. The number of ether oxygens (including phenoxy) is 2. The average Bonchev–Trinajstić information content (AvgIpc) is 2.71. The van der Waals surface area contributed by atoms with Crippen molar-refractivity contribution in [2.24, 2.45) is 0 Å². The summed E-state index contributed by atoms with van der Waals surface area (Å²) in [5, 5.41) is 11.9. The Morgan fingerprint density at radius 2 is 2.50 bits per heavy atom. The fraction of sp³-hybridized carbons (Fsp3) is 1.00. The lowest BCUT2D eigenvalue weighted by Gasteiger charge is -2.14. The molecule has 1 fully saturated rings. The minimum absolute atomic E-state index is 0.152. The zero-order chi connectivity index (χ0) is 10.2. The Bertz CT molecular complexity index is 129. The fourth-order valence-corrected chi connectivity index (χ4v) is 1.54. The van der Waals surface area contributed by atoms with Crippen LogP contribution in [0.5, 0.6) is 0 Å². The molecule has 1 aliphatic rings. The lowest BCUT2D eigenvalue weighted by atomic mass is 10.2. The van der Waals surface area contributed by atoms with Crippen molar-refractivity contribution in [3.05, 3.63) is 0 Å². The van der Waals surface area contributed by atoms with Gasteiger partial charge in [0.05, 0.1) is 19.3 Å². The first-order valence-corrected chi connectivity index (χ1v) is 5.34. The highest BCUT2D eigenvalue weighted by atomic mass is 16.5. The molecule has 0 saturated carbocycles. The van der Waals surface area contributed by atoms with Crippen molar-refractivity contribution in [3.63, 3.8) is 0 Å². The molecule has 1 aliphatic heterocycles. The van der Waals surface area contributed by atoms with Gasteiger partial charge in [-0.25, -0.2) is 0 Å². The minimum atomic E-state index is 0.152. The summed E-state index contributed by atoms with van der Waals surface area (Å²) in [6, 6.07) is 0.152. The van der Waals surface area contributed by atoms with Crippen LogP contribution in [0.15, 0.2) is 0 Å². The third kappa shape index (κ3) is 4.37. The van der Waals surface area contributed by atoms with E-state index in [0.29, 0.717) is 19.3 Å². The molecule has 0 spiro atoms. The Hall–Kier alpha value is -0.160. The molecule has 0 aromatic carbocycles. The standard InChI is InChI=1S/C10H21NO3/c1-11-9(7-12)4-6-13-8-10-3-2-5-14-10/h9-12H,2-8H2,1H3. The fourth-order valence-electron chi connectivity index (χ4n) is 1.54. The molecular weight excluding hydrogens is 182 g/mol. The summed E-state index contributed by atoms with van der Waals surface area (Å²) in [7, 11) is 1.85. The van der Waals surface area contributed by atoms with E-state index in [1.165, 1.54) is 0 Å². The van der Waals surface area contributed by atoms with E-state index in [0.717, 1.165) is 25.9 Å². The second-order valence-electron chi connectivity index (χ2n) is 3.67. The van der Waals surface area contributed by atoms with Gasteiger partial charge in [-0.1, -0.05) is 0 Å². The Labute approximate surface area is 85.6 Å². The number of rotatable bonds is 7. The maximum Gasteiger partial charge on any atom is 0.0809 e. The van der Waals surface area contributed by atoms with E-state index in [4.69, 9.17) is 14.6 Å². The van der Waals surface area contributed by atoms with Gasteiger partial charge < -0.3 is 19.9 Å². The van der Waals surface area contributed by atoms with Crippen molar-refractivity contribution in [2.45, 2.75) is 31.4 Å². The van der Waals surface area contributed by atoms with Crippen LogP contribution in [0, 0.1) is 0 Å². The van der Waals surface area contributed by atoms with Gasteiger partial charge in [0, 0.05) is 19.3 Å². The summed E-state index contributed by atoms with van der Waals surface area (Å²) in [6.45, 7) is 2.43. The van der Waals surface area contributed by atoms with Crippen LogP contribution >= 0.6 is 0 Å². The van der Waals surface area contributed by atoms with Crippen molar-refractivity contribution >= 4 is 0 Å². The molecule has 1 rings (SSSR count). The first kappa shape index (κ1) is 11.9. The molecule has 4 nitrogen and oxygen atoms in total. The Morgan fingerprint density at radius 3 is 3.07 bits per heavy atom. The van der Waals surface area contributed by atoms with Crippen LogP contribution in [0.4, 0.5) is 0 Å². The number of nitrogens with one attached hydrogen (secondary N) is 1. The summed E-state index contributed by atoms with van der Waals surface area (Å²) in [5.74, 6) is 0. The van der Waals surface area contributed by atoms with E-state index in [9.17, 15) is 0 Å². The number of likely N-dealkylation sites (N-methyl/N-ethyl adjacent to an activating group) is 1. The molecule has 0 aliphatic carbocycles. The van der Waals surface area contributed by atoms with Gasteiger partial charge in [0.15, 0.2) is 0 Å². The molecule has 0 bridgehead atoms. The van der Waals surface area contributed by atoms with Crippen LogP contribution in [0.2, 0.25) is 0 Å². The van der Waals surface area contributed by atoms with Crippen LogP contribution in [0.25, 0.3) is 0 Å². The molecule has 2 N–H and O–H groups in total. The van der Waals surface area contributed by atoms with Gasteiger partial charge in [-0.3, -0.25) is 0 Å². The summed E-state index contributed by atoms with van der Waals surface area (Å²) in [6.07, 6.45) is 3.43. The highest BCUT2D eigenvalue weighted by Crippen LogP contribution is 2.11. The van der Waals surface area contributed by atoms with Gasteiger partial charge in [0.2, 0.25) is 0 Å². The molecule has 2 unspecified atom stereocenters. The molecular formula is C10H21NO3. The largest absolute Gasteiger partial charge is 0.395 e. The van der Waals surface area contributed by atoms with Gasteiger partial charge in [-0.05, 0) is 26.3 Å². The summed E-state index contributed by atoms with van der Waals surface area (Å²) in [4.78, 5) is 0. The third-order valence-corrected chi connectivity index (χ3v) is 2.57. The molecule has 14 heavy (non-hydrogen) atoms. The number of aliphatic hydroxyl groups is 1. The van der Waals surface area contributed by atoms with Crippen LogP contribution in [0.3, 0.4) is 0 Å². The maximum absolute atomic E-state index is 8.89. The highest BCUT2D eigenvalue weighted by Gasteiger charge is 2.15. The van der Waals surface area contributed by atoms with Crippen LogP contribution in [-0.2, 0) is 9.47 Å². The quantitative estimate of drug-likeness (QED) is 0.578. The molecule has 0 aromatic rings. The van der Waals surface area contributed by atoms with E-state index < -0.39 is 0 Å². The van der Waals surface area contributed by atoms with Crippen molar-refractivity contribution in [3.8, 4) is 0 Å². The summed E-state index contributed by atoms with van der Waals surface area (Å²) >= 11 is 0. The molecule has 1 heterocycles. The van der Waals surface area contributed by atoms with E-state index in [1.54, 1.807) is 0 Å². The predicted octanol–water partition coefficient (Wildman–Crippen LogP) is 0.152. The Kier molecular flexibility index (Phi) is 6.10. The van der Waals surface area contributed by atoms with E-state index in [-0.39, 0.29) is 12.6 Å². The van der Waals surface area contributed by atoms with Gasteiger partial charge in [-0.2, -0.15) is 0 Å². The molecule has 4 heteroatoms. The second-order valence-corrected chi connectivity index (χ2v) is 3.67. The first-order valence-electron chi connectivity index (χ1n) is 5.34. The van der Waals surface area contributed by atoms with E-state index >= 15 is 0 Å². The summed E-state index contributed by atoms with van der Waals surface area (Å²) in [5.41, 5.74) is 0. The molecule has 1 saturated heterocycles. The Morgan fingerprint density at radius 1 is 1.64 bits per heavy atom. The van der Waals surface area contributed by atoms with Gasteiger partial charge in [0.25, 0.3) is 0 Å². The van der Waals surface area contributed by atoms with E-state index in [1.807, 2.05) is 7.05 Å². The molecule has 0 aromatic heterocycles. The normalized spacial score (nSPS) is 24.0. The van der Waals surface area contributed by atoms with Crippen molar-refractivity contribution in [1.82, 2.24) is 5.32 Å². The predicted molar refractivity (Wildman–Crippen MR) is 54.3 cm³/mol. The molecule has 0 amide bonds. The second kappa shape index (κ2) is 7.17. The van der Waals surface area contributed by atoms with Crippen molar-refractivity contribution in [2.75, 3.05) is 33.5 Å². The van der Waals surface area contributed by atoms with Crippen molar-refractivity contribution < 1.29 is 14.6 Å². The lowest BCUT2D eigenvalue weighted by Crippen LogP contribution is -2.30. The monoisotopic (exact) mass is 203 g/mol. The first-order chi connectivity index (χ1) is 6.86. The number of aliphatic hydroxyl groups excluding tert-OH is 1. The van der Waals surface area contributed by atoms with Gasteiger partial charge in [-0.15, -0.1) is 0 Å². The number of hydrogen-bond donors (Lipinski definition) is 2. The maximum atomic E-state index is 8.89. The van der Waals surface area contributed by atoms with Crippen molar-refractivity contribution in [1.29, 1.82) is 0 Å². The molecule has 84 valence electrons. The molecule has 2 atom stereocenters. The zero-order valence-electron chi connectivity index (χ0n) is 8.87. The third-order valence-electron chi connectivity index (χ3n) is 2.57. The van der Waals surface area contributed by atoms with Gasteiger partial charge in [0.1, 0.15) is 0 Å². The van der Waals surface area contributed by atoms with Crippen LogP contribution in [-0.4, -0.2) is 50.7 Å².